The second-order valence-corrected chi connectivity index (χ2v) is 5.02. The second kappa shape index (κ2) is 12.3. The zero-order chi connectivity index (χ0) is 18.5. The maximum atomic E-state index is 9.55. The van der Waals surface area contributed by atoms with Gasteiger partial charge in [0.25, 0.3) is 0 Å². The van der Waals surface area contributed by atoms with Crippen molar-refractivity contribution in [2.75, 3.05) is 0 Å². The summed E-state index contributed by atoms with van der Waals surface area (Å²) in [6.07, 6.45) is 9.93. The minimum atomic E-state index is -4.67. The van der Waals surface area contributed by atoms with E-state index in [2.05, 4.69) is 34.8 Å². The molecule has 0 spiro atoms. The van der Waals surface area contributed by atoms with Gasteiger partial charge in [0.2, 0.25) is 6.33 Å². The average Bonchev–Trinajstić information content (AvgIpc) is 2.78. The average molecular weight is 353 g/mol. The minimum absolute atomic E-state index is 0.558. The van der Waals surface area contributed by atoms with E-state index in [0.29, 0.717) is 12.2 Å². The van der Waals surface area contributed by atoms with Crippen molar-refractivity contribution in [3.8, 4) is 0 Å². The van der Waals surface area contributed by atoms with Crippen molar-refractivity contribution in [1.29, 1.82) is 0 Å². The van der Waals surface area contributed by atoms with Crippen molar-refractivity contribution < 1.29 is 41.9 Å². The molecule has 0 bridgehead atoms. The van der Waals surface area contributed by atoms with Gasteiger partial charge in [-0.3, -0.25) is 9.11 Å². The highest BCUT2D eigenvalue weighted by Gasteiger charge is 1.96. The van der Waals surface area contributed by atoms with E-state index in [-0.39, 0.29) is 0 Å². The minimum Gasteiger partial charge on any atom is -0.478 e. The maximum absolute atomic E-state index is 9.55. The van der Waals surface area contributed by atoms with E-state index in [1.807, 2.05) is 7.05 Å². The summed E-state index contributed by atoms with van der Waals surface area (Å²) < 4.78 is 35.9. The summed E-state index contributed by atoms with van der Waals surface area (Å²) in [6, 6.07) is 0. The summed E-state index contributed by atoms with van der Waals surface area (Å²) in [7, 11) is -2.62. The van der Waals surface area contributed by atoms with E-state index in [1.54, 1.807) is 0 Å². The van der Waals surface area contributed by atoms with Gasteiger partial charge in [0.1, 0.15) is 12.4 Å². The topological polar surface area (TPSA) is 158 Å². The fourth-order valence-corrected chi connectivity index (χ4v) is 1.12. The third kappa shape index (κ3) is 25.1. The second-order valence-electron chi connectivity index (χ2n) is 4.13. The molecule has 1 heterocycles. The van der Waals surface area contributed by atoms with Crippen LogP contribution in [0.25, 0.3) is 0 Å². The van der Waals surface area contributed by atoms with Crippen molar-refractivity contribution >= 4 is 22.3 Å². The highest BCUT2D eigenvalue weighted by Crippen LogP contribution is 1.85. The van der Waals surface area contributed by atoms with Gasteiger partial charge in [0.05, 0.1) is 13.6 Å². The van der Waals surface area contributed by atoms with Crippen molar-refractivity contribution in [3.63, 3.8) is 0 Å². The van der Waals surface area contributed by atoms with E-state index in [4.69, 9.17) is 27.7 Å². The van der Waals surface area contributed by atoms with Crippen LogP contribution in [0, 0.1) is 0 Å². The molecule has 1 aromatic rings. The van der Waals surface area contributed by atoms with E-state index in [1.165, 1.54) is 12.8 Å². The van der Waals surface area contributed by atoms with Crippen molar-refractivity contribution in [3.05, 3.63) is 30.9 Å². The fraction of sp³-hybridized carbons (Fsp3) is 0.417. The van der Waals surface area contributed by atoms with Gasteiger partial charge in [-0.1, -0.05) is 13.3 Å². The third-order valence-corrected chi connectivity index (χ3v) is 1.96. The fourth-order valence-electron chi connectivity index (χ4n) is 1.12. The molecule has 1 rings (SSSR count). The number of aromatic nitrogens is 2. The molecule has 0 atom stereocenters. The quantitative estimate of drug-likeness (QED) is 0.331. The van der Waals surface area contributed by atoms with Crippen LogP contribution in [-0.2, 0) is 33.6 Å². The Morgan fingerprint density at radius 3 is 1.87 bits per heavy atom. The highest BCUT2D eigenvalue weighted by atomic mass is 32.3. The van der Waals surface area contributed by atoms with Gasteiger partial charge in [0.15, 0.2) is 0 Å². The van der Waals surface area contributed by atoms with E-state index >= 15 is 0 Å². The number of aryl methyl sites for hydroxylation is 2. The molecule has 132 valence electrons. The van der Waals surface area contributed by atoms with E-state index < -0.39 is 22.3 Å². The molecule has 0 saturated carbocycles. The van der Waals surface area contributed by atoms with Crippen molar-refractivity contribution in [2.45, 2.75) is 26.3 Å². The summed E-state index contributed by atoms with van der Waals surface area (Å²) in [4.78, 5) is 19.1. The van der Waals surface area contributed by atoms with Gasteiger partial charge >= 0.3 is 22.3 Å². The monoisotopic (exact) mass is 353 g/mol. The molecule has 0 unspecified atom stereocenters. The third-order valence-electron chi connectivity index (χ3n) is 1.96. The van der Waals surface area contributed by atoms with Gasteiger partial charge in [-0.05, 0) is 6.42 Å². The molecule has 0 amide bonds. The lowest BCUT2D eigenvalue weighted by atomic mass is 10.3. The first-order chi connectivity index (χ1) is 10.5. The molecule has 0 aromatic carbocycles. The molecule has 0 saturated heterocycles. The summed E-state index contributed by atoms with van der Waals surface area (Å²) in [6.45, 7) is 3.36. The maximum Gasteiger partial charge on any atom is 0.394 e. The molecule has 0 radical (unpaired) electrons. The predicted molar refractivity (Wildman–Crippen MR) is 79.1 cm³/mol. The first-order valence-corrected chi connectivity index (χ1v) is 7.70. The molecule has 0 aliphatic rings. The number of carbonyl (C=O) groups is 2. The molecule has 1 aromatic heterocycles. The Bertz CT molecular complexity index is 582. The van der Waals surface area contributed by atoms with E-state index in [0.717, 1.165) is 6.54 Å². The summed E-state index contributed by atoms with van der Waals surface area (Å²) in [5.41, 5.74) is 0. The normalized spacial score (nSPS) is 10.3. The van der Waals surface area contributed by atoms with E-state index in [9.17, 15) is 9.59 Å². The van der Waals surface area contributed by atoms with Gasteiger partial charge in [-0.2, -0.15) is 8.42 Å². The standard InChI is InChI=1S/C8H15N2.C4H4O4.H2O4S/c1-3-4-5-10-7-6-9(2)8-10;5-3(6)1-2-4(7)8;1-5(2,3)4/h6-8H,3-5H2,1-2H3;1-2H,(H,5,6)(H,7,8);(H2,1,2,3,4)/q+1;;/b;2-1-;. The van der Waals surface area contributed by atoms with Crippen LogP contribution in [0.3, 0.4) is 0 Å². The molecule has 0 aliphatic heterocycles. The number of hydrogen-bond donors (Lipinski definition) is 4. The Morgan fingerprint density at radius 1 is 1.17 bits per heavy atom. The molecule has 0 fully saturated rings. The van der Waals surface area contributed by atoms with Crippen LogP contribution in [0.2, 0.25) is 0 Å². The molecule has 11 heteroatoms. The first-order valence-electron chi connectivity index (χ1n) is 6.30. The number of carboxylic acids is 2. The number of unbranched alkanes of at least 4 members (excludes halogenated alkanes) is 1. The van der Waals surface area contributed by atoms with Crippen LogP contribution < -0.4 is 4.57 Å². The van der Waals surface area contributed by atoms with Crippen LogP contribution in [-0.4, -0.2) is 44.2 Å². The Kier molecular flexibility index (Phi) is 12.3. The SMILES string of the molecule is CCCC[n+]1ccn(C)c1.O=C(O)/C=C\C(=O)O.O=S(=O)(O)O. The summed E-state index contributed by atoms with van der Waals surface area (Å²) in [5.74, 6) is -2.51. The highest BCUT2D eigenvalue weighted by molar-refractivity contribution is 7.79. The molecule has 4 N–H and O–H groups in total. The molecular formula is C12H21N2O8S+. The number of aliphatic carboxylic acids is 2. The van der Waals surface area contributed by atoms with Crippen LogP contribution in [0.4, 0.5) is 0 Å². The number of carboxylic acid groups (broad SMARTS) is 2. The van der Waals surface area contributed by atoms with Gasteiger partial charge in [-0.25, -0.2) is 18.7 Å². The summed E-state index contributed by atoms with van der Waals surface area (Å²) in [5, 5.41) is 15.6. The van der Waals surface area contributed by atoms with Crippen LogP contribution in [0.15, 0.2) is 30.9 Å². The number of rotatable bonds is 5. The molecule has 10 nitrogen and oxygen atoms in total. The van der Waals surface area contributed by atoms with Crippen molar-refractivity contribution in [2.24, 2.45) is 7.05 Å². The molecule has 23 heavy (non-hydrogen) atoms. The van der Waals surface area contributed by atoms with Crippen molar-refractivity contribution in [1.82, 2.24) is 4.57 Å². The number of hydrogen-bond acceptors (Lipinski definition) is 4. The lowest BCUT2D eigenvalue weighted by Gasteiger charge is -1.90. The predicted octanol–water partition coefficient (Wildman–Crippen LogP) is 0.172. The van der Waals surface area contributed by atoms with Gasteiger partial charge in [0, 0.05) is 12.2 Å². The van der Waals surface area contributed by atoms with Gasteiger partial charge in [-0.15, -0.1) is 0 Å². The van der Waals surface area contributed by atoms with Crippen LogP contribution in [0.1, 0.15) is 19.8 Å². The molecule has 0 aliphatic carbocycles. The first kappa shape index (κ1) is 23.0. The Balaban J connectivity index is 0. The Morgan fingerprint density at radius 2 is 1.61 bits per heavy atom. The largest absolute Gasteiger partial charge is 0.478 e. The smallest absolute Gasteiger partial charge is 0.394 e. The number of nitrogens with zero attached hydrogens (tertiary/aromatic N) is 2. The lowest BCUT2D eigenvalue weighted by Crippen LogP contribution is -2.30. The Hall–Kier alpha value is -2.24. The number of imidazole rings is 1. The lowest BCUT2D eigenvalue weighted by molar-refractivity contribution is -0.696. The molecular weight excluding hydrogens is 332 g/mol. The zero-order valence-electron chi connectivity index (χ0n) is 12.7. The summed E-state index contributed by atoms with van der Waals surface area (Å²) >= 11 is 0. The van der Waals surface area contributed by atoms with Crippen LogP contribution in [0.5, 0.6) is 0 Å². The van der Waals surface area contributed by atoms with Gasteiger partial charge < -0.3 is 10.2 Å². The zero-order valence-corrected chi connectivity index (χ0v) is 13.5. The van der Waals surface area contributed by atoms with Crippen LogP contribution >= 0.6 is 0 Å². The Labute approximate surface area is 133 Å².